The number of carbonyl (C=O) groups excluding carboxylic acids is 2. The van der Waals surface area contributed by atoms with Crippen LogP contribution in [0.4, 0.5) is 11.4 Å². The van der Waals surface area contributed by atoms with Crippen molar-refractivity contribution in [2.75, 3.05) is 16.4 Å². The van der Waals surface area contributed by atoms with Crippen molar-refractivity contribution in [1.82, 2.24) is 20.2 Å². The highest BCUT2D eigenvalue weighted by molar-refractivity contribution is 7.99. The second-order valence-electron chi connectivity index (χ2n) is 9.79. The molecule has 0 bridgehead atoms. The Hall–Kier alpha value is -2.62. The predicted molar refractivity (Wildman–Crippen MR) is 144 cm³/mol. The van der Waals surface area contributed by atoms with Gasteiger partial charge in [-0.3, -0.25) is 9.59 Å². The van der Waals surface area contributed by atoms with Gasteiger partial charge in [0.25, 0.3) is 0 Å². The summed E-state index contributed by atoms with van der Waals surface area (Å²) >= 11 is 14.1. The van der Waals surface area contributed by atoms with E-state index in [1.165, 1.54) is 16.4 Å². The van der Waals surface area contributed by atoms with Crippen LogP contribution < -0.4 is 10.6 Å². The number of tetrazole rings is 1. The van der Waals surface area contributed by atoms with Crippen molar-refractivity contribution in [3.05, 3.63) is 52.0 Å². The molecule has 0 spiro atoms. The van der Waals surface area contributed by atoms with E-state index in [-0.39, 0.29) is 28.9 Å². The summed E-state index contributed by atoms with van der Waals surface area (Å²) in [7, 11) is 0. The van der Waals surface area contributed by atoms with Crippen LogP contribution in [0.1, 0.15) is 52.0 Å². The molecule has 2 aromatic carbocycles. The van der Waals surface area contributed by atoms with Crippen LogP contribution in [0.2, 0.25) is 10.0 Å². The number of hydrogen-bond donors (Lipinski definition) is 2. The molecule has 2 N–H and O–H groups in total. The lowest BCUT2D eigenvalue weighted by molar-refractivity contribution is -0.119. The highest BCUT2D eigenvalue weighted by Gasteiger charge is 2.23. The summed E-state index contributed by atoms with van der Waals surface area (Å²) in [4.78, 5) is 24.9. The van der Waals surface area contributed by atoms with Crippen LogP contribution in [0.15, 0.2) is 41.6 Å². The average Bonchev–Trinajstić information content (AvgIpc) is 3.51. The Morgan fingerprint density at radius 2 is 1.81 bits per heavy atom. The molecule has 2 amide bonds. The number of amides is 2. The van der Waals surface area contributed by atoms with Crippen molar-refractivity contribution in [2.45, 2.75) is 57.0 Å². The van der Waals surface area contributed by atoms with Crippen molar-refractivity contribution in [3.63, 3.8) is 0 Å². The SMILES string of the molecule is CC(C)(C)c1ccc(-n2nnnc2SCC(=O)Nc2ccc(NC(=O)C3CCCC3)cc2Cl)c(Cl)c1. The van der Waals surface area contributed by atoms with Gasteiger partial charge in [0.2, 0.25) is 17.0 Å². The van der Waals surface area contributed by atoms with Gasteiger partial charge in [-0.15, -0.1) is 5.10 Å². The fraction of sp³-hybridized carbons (Fsp3) is 0.400. The molecule has 1 aromatic heterocycles. The smallest absolute Gasteiger partial charge is 0.234 e. The fourth-order valence-corrected chi connectivity index (χ4v) is 5.18. The number of carbonyl (C=O) groups is 2. The summed E-state index contributed by atoms with van der Waals surface area (Å²) in [5.41, 5.74) is 2.76. The normalized spacial score (nSPS) is 14.1. The number of anilines is 2. The van der Waals surface area contributed by atoms with Crippen molar-refractivity contribution < 1.29 is 9.59 Å². The van der Waals surface area contributed by atoms with Gasteiger partial charge in [0, 0.05) is 11.6 Å². The van der Waals surface area contributed by atoms with Crippen LogP contribution in [0, 0.1) is 5.92 Å². The molecule has 8 nitrogen and oxygen atoms in total. The molecule has 0 radical (unpaired) electrons. The Balaban J connectivity index is 1.36. The minimum absolute atomic E-state index is 0.0163. The van der Waals surface area contributed by atoms with Gasteiger partial charge >= 0.3 is 0 Å². The molecule has 1 fully saturated rings. The lowest BCUT2D eigenvalue weighted by Gasteiger charge is -2.20. The number of nitrogens with one attached hydrogen (secondary N) is 2. The molecule has 11 heteroatoms. The monoisotopic (exact) mass is 546 g/mol. The molecule has 1 aliphatic rings. The summed E-state index contributed by atoms with van der Waals surface area (Å²) in [5, 5.41) is 18.8. The Morgan fingerprint density at radius 1 is 1.06 bits per heavy atom. The number of hydrogen-bond acceptors (Lipinski definition) is 6. The van der Waals surface area contributed by atoms with Gasteiger partial charge < -0.3 is 10.6 Å². The molecular formula is C25H28Cl2N6O2S. The number of rotatable bonds is 7. The van der Waals surface area contributed by atoms with E-state index < -0.39 is 0 Å². The van der Waals surface area contributed by atoms with Crippen LogP contribution >= 0.6 is 35.0 Å². The second kappa shape index (κ2) is 11.2. The molecule has 4 rings (SSSR count). The van der Waals surface area contributed by atoms with Gasteiger partial charge in [0.05, 0.1) is 27.2 Å². The summed E-state index contributed by atoms with van der Waals surface area (Å²) in [6, 6.07) is 10.8. The maximum atomic E-state index is 12.6. The molecule has 0 saturated heterocycles. The van der Waals surface area contributed by atoms with E-state index in [1.807, 2.05) is 18.2 Å². The van der Waals surface area contributed by atoms with E-state index in [9.17, 15) is 9.59 Å². The van der Waals surface area contributed by atoms with Gasteiger partial charge in [-0.05, 0) is 64.6 Å². The first-order valence-electron chi connectivity index (χ1n) is 11.7. The number of aromatic nitrogens is 4. The van der Waals surface area contributed by atoms with Crippen molar-refractivity contribution in [2.24, 2.45) is 5.92 Å². The van der Waals surface area contributed by atoms with Gasteiger partial charge in [0.15, 0.2) is 0 Å². The minimum atomic E-state index is -0.270. The van der Waals surface area contributed by atoms with Crippen LogP contribution in [0.25, 0.3) is 5.69 Å². The molecule has 1 saturated carbocycles. The molecule has 1 heterocycles. The Kier molecular flexibility index (Phi) is 8.22. The van der Waals surface area contributed by atoms with E-state index in [0.717, 1.165) is 31.2 Å². The van der Waals surface area contributed by atoms with E-state index in [4.69, 9.17) is 23.2 Å². The first-order valence-corrected chi connectivity index (χ1v) is 13.5. The van der Waals surface area contributed by atoms with Gasteiger partial charge in [-0.25, -0.2) is 0 Å². The Bertz CT molecular complexity index is 1270. The number of thioether (sulfide) groups is 1. The third-order valence-corrected chi connectivity index (χ3v) is 7.59. The molecular weight excluding hydrogens is 519 g/mol. The van der Waals surface area contributed by atoms with Crippen molar-refractivity contribution >= 4 is 58.2 Å². The maximum Gasteiger partial charge on any atom is 0.234 e. The quantitative estimate of drug-likeness (QED) is 0.346. The van der Waals surface area contributed by atoms with Crippen LogP contribution in [-0.2, 0) is 15.0 Å². The molecule has 190 valence electrons. The van der Waals surface area contributed by atoms with E-state index in [2.05, 4.69) is 46.9 Å². The molecule has 1 aliphatic carbocycles. The molecule has 36 heavy (non-hydrogen) atoms. The maximum absolute atomic E-state index is 12.6. The molecule has 0 aliphatic heterocycles. The van der Waals surface area contributed by atoms with Crippen molar-refractivity contribution in [3.8, 4) is 5.69 Å². The third-order valence-electron chi connectivity index (χ3n) is 6.05. The largest absolute Gasteiger partial charge is 0.326 e. The number of halogens is 2. The standard InChI is InChI=1S/C25H28Cl2N6O2S/c1-25(2,3)16-8-11-21(19(27)12-16)33-24(30-31-32-33)36-14-22(34)29-20-10-9-17(13-18(20)26)28-23(35)15-6-4-5-7-15/h8-13,15H,4-7,14H2,1-3H3,(H,28,35)(H,29,34). The predicted octanol–water partition coefficient (Wildman–Crippen LogP) is 6.13. The van der Waals surface area contributed by atoms with Crippen LogP contribution in [0.3, 0.4) is 0 Å². The average molecular weight is 548 g/mol. The van der Waals surface area contributed by atoms with E-state index >= 15 is 0 Å². The zero-order valence-corrected chi connectivity index (χ0v) is 22.7. The zero-order valence-electron chi connectivity index (χ0n) is 20.3. The van der Waals surface area contributed by atoms with Crippen LogP contribution in [-0.4, -0.2) is 37.8 Å². The third kappa shape index (κ3) is 6.38. The van der Waals surface area contributed by atoms with E-state index in [0.29, 0.717) is 32.3 Å². The second-order valence-corrected chi connectivity index (χ2v) is 11.5. The molecule has 3 aromatic rings. The summed E-state index contributed by atoms with van der Waals surface area (Å²) in [6.07, 6.45) is 4.02. The highest BCUT2D eigenvalue weighted by Crippen LogP contribution is 2.31. The lowest BCUT2D eigenvalue weighted by Crippen LogP contribution is -2.20. The molecule has 0 atom stereocenters. The summed E-state index contributed by atoms with van der Waals surface area (Å²) < 4.78 is 1.52. The zero-order chi connectivity index (χ0) is 25.9. The Morgan fingerprint density at radius 3 is 2.47 bits per heavy atom. The summed E-state index contributed by atoms with van der Waals surface area (Å²) in [6.45, 7) is 6.34. The van der Waals surface area contributed by atoms with E-state index in [1.54, 1.807) is 18.2 Å². The minimum Gasteiger partial charge on any atom is -0.326 e. The fourth-order valence-electron chi connectivity index (χ4n) is 4.01. The molecule has 0 unspecified atom stereocenters. The van der Waals surface area contributed by atoms with Gasteiger partial charge in [-0.1, -0.05) is 74.6 Å². The first-order chi connectivity index (χ1) is 17.1. The van der Waals surface area contributed by atoms with Crippen LogP contribution in [0.5, 0.6) is 0 Å². The topological polar surface area (TPSA) is 102 Å². The number of nitrogens with zero attached hydrogens (tertiary/aromatic N) is 4. The summed E-state index contributed by atoms with van der Waals surface area (Å²) in [5.74, 6) is -0.131. The van der Waals surface area contributed by atoms with Gasteiger partial charge in [-0.2, -0.15) is 4.68 Å². The first kappa shape index (κ1) is 26.4. The highest BCUT2D eigenvalue weighted by atomic mass is 35.5. The lowest BCUT2D eigenvalue weighted by atomic mass is 9.87. The number of benzene rings is 2. The van der Waals surface area contributed by atoms with Crippen molar-refractivity contribution in [1.29, 1.82) is 0 Å². The Labute approximate surface area is 224 Å². The van der Waals surface area contributed by atoms with Gasteiger partial charge in [0.1, 0.15) is 0 Å².